The summed E-state index contributed by atoms with van der Waals surface area (Å²) in [5.41, 5.74) is 8.50. The quantitative estimate of drug-likeness (QED) is 0.282. The normalized spacial score (nSPS) is 16.6. The fourth-order valence-electron chi connectivity index (χ4n) is 5.95. The third-order valence-corrected chi connectivity index (χ3v) is 7.97. The van der Waals surface area contributed by atoms with E-state index in [1.165, 1.54) is 72.2 Å². The molecule has 1 saturated heterocycles. The first-order chi connectivity index (χ1) is 17.6. The van der Waals surface area contributed by atoms with E-state index in [0.717, 1.165) is 50.9 Å². The van der Waals surface area contributed by atoms with Gasteiger partial charge in [0.1, 0.15) is 5.75 Å². The van der Waals surface area contributed by atoms with Crippen LogP contribution in [-0.4, -0.2) is 36.0 Å². The molecular weight excluding hydrogens is 511 g/mol. The van der Waals surface area contributed by atoms with Crippen molar-refractivity contribution in [3.63, 3.8) is 0 Å². The van der Waals surface area contributed by atoms with E-state index in [1.54, 1.807) is 0 Å². The van der Waals surface area contributed by atoms with Crippen LogP contribution < -0.4 is 4.74 Å². The van der Waals surface area contributed by atoms with E-state index in [1.807, 2.05) is 0 Å². The zero-order valence-corrected chi connectivity index (χ0v) is 24.7. The molecule has 0 saturated carbocycles. The second-order valence-corrected chi connectivity index (χ2v) is 11.1. The number of aryl methyl sites for hydroxylation is 3. The lowest BCUT2D eigenvalue weighted by Gasteiger charge is -2.32. The summed E-state index contributed by atoms with van der Waals surface area (Å²) >= 11 is 0. The van der Waals surface area contributed by atoms with Gasteiger partial charge in [-0.05, 0) is 106 Å². The zero-order valence-electron chi connectivity index (χ0n) is 23.0. The van der Waals surface area contributed by atoms with E-state index < -0.39 is 0 Å². The lowest BCUT2D eigenvalue weighted by Crippen LogP contribution is -2.33. The van der Waals surface area contributed by atoms with Gasteiger partial charge in [-0.2, -0.15) is 0 Å². The van der Waals surface area contributed by atoms with Crippen LogP contribution in [0, 0.1) is 19.8 Å². The molecule has 3 aromatic carbocycles. The van der Waals surface area contributed by atoms with Crippen LogP contribution in [0.1, 0.15) is 59.1 Å². The standard InChI is InChI=1S/C33H42N2O.2ClH/c1-26-6-3-8-29(20-26)23-34-17-13-28(14-18-34)15-19-36-33-12-11-31-10-5-16-35(25-32(31)22-33)24-30-9-4-7-27(2)21-30;;/h3-4,6-9,11-12,20-22,28H,5,10,13-19,23-25H2,1-2H3;2*1H. The van der Waals surface area contributed by atoms with Crippen molar-refractivity contribution in [3.05, 3.63) is 100 Å². The first-order valence-corrected chi connectivity index (χ1v) is 13.9. The van der Waals surface area contributed by atoms with Crippen LogP contribution in [0.4, 0.5) is 0 Å². The first-order valence-electron chi connectivity index (χ1n) is 13.9. The van der Waals surface area contributed by atoms with Crippen molar-refractivity contribution in [2.24, 2.45) is 5.92 Å². The number of ether oxygens (including phenoxy) is 1. The summed E-state index contributed by atoms with van der Waals surface area (Å²) in [5.74, 6) is 1.83. The SMILES string of the molecule is Cc1cccc(CN2CCC(CCOc3ccc4c(c3)CN(Cc3cccc(C)c3)CCC4)CC2)c1.Cl.Cl. The van der Waals surface area contributed by atoms with Crippen molar-refractivity contribution in [2.45, 2.75) is 65.6 Å². The Bertz CT molecular complexity index is 1140. The predicted octanol–water partition coefficient (Wildman–Crippen LogP) is 7.78. The van der Waals surface area contributed by atoms with Crippen LogP contribution in [0.5, 0.6) is 5.75 Å². The molecule has 2 aliphatic heterocycles. The third-order valence-electron chi connectivity index (χ3n) is 7.97. The first kappa shape index (κ1) is 30.5. The number of rotatable bonds is 8. The average Bonchev–Trinajstić information content (AvgIpc) is 3.06. The van der Waals surface area contributed by atoms with Gasteiger partial charge in [-0.15, -0.1) is 24.8 Å². The molecule has 0 radical (unpaired) electrons. The maximum atomic E-state index is 6.29. The van der Waals surface area contributed by atoms with E-state index in [-0.39, 0.29) is 24.8 Å². The average molecular weight is 556 g/mol. The van der Waals surface area contributed by atoms with Crippen molar-refractivity contribution >= 4 is 24.8 Å². The highest BCUT2D eigenvalue weighted by molar-refractivity contribution is 5.85. The summed E-state index contributed by atoms with van der Waals surface area (Å²) in [5, 5.41) is 0. The largest absolute Gasteiger partial charge is 0.494 e. The fourth-order valence-corrected chi connectivity index (χ4v) is 5.95. The number of fused-ring (bicyclic) bond motifs is 1. The molecule has 0 amide bonds. The second-order valence-electron chi connectivity index (χ2n) is 11.1. The molecule has 0 aliphatic carbocycles. The number of piperidine rings is 1. The smallest absolute Gasteiger partial charge is 0.119 e. The van der Waals surface area contributed by atoms with Gasteiger partial charge in [0, 0.05) is 19.6 Å². The molecule has 0 unspecified atom stereocenters. The van der Waals surface area contributed by atoms with Crippen LogP contribution >= 0.6 is 24.8 Å². The molecule has 0 N–H and O–H groups in total. The minimum atomic E-state index is 0. The van der Waals surface area contributed by atoms with Crippen molar-refractivity contribution in [2.75, 3.05) is 26.2 Å². The lowest BCUT2D eigenvalue weighted by atomic mass is 9.93. The molecule has 2 aliphatic rings. The van der Waals surface area contributed by atoms with Crippen molar-refractivity contribution in [1.82, 2.24) is 9.80 Å². The number of likely N-dealkylation sites (tertiary alicyclic amines) is 1. The van der Waals surface area contributed by atoms with E-state index >= 15 is 0 Å². The third kappa shape index (κ3) is 8.74. The summed E-state index contributed by atoms with van der Waals surface area (Å²) in [4.78, 5) is 5.20. The van der Waals surface area contributed by atoms with Crippen LogP contribution in [0.25, 0.3) is 0 Å². The summed E-state index contributed by atoms with van der Waals surface area (Å²) in [6, 6.07) is 24.7. The molecule has 38 heavy (non-hydrogen) atoms. The number of nitrogens with zero attached hydrogens (tertiary/aromatic N) is 2. The summed E-state index contributed by atoms with van der Waals surface area (Å²) in [6.45, 7) is 11.9. The molecule has 206 valence electrons. The maximum absolute atomic E-state index is 6.29. The number of hydrogen-bond donors (Lipinski definition) is 0. The Kier molecular flexibility index (Phi) is 12.0. The van der Waals surface area contributed by atoms with E-state index in [4.69, 9.17) is 4.74 Å². The van der Waals surface area contributed by atoms with Crippen LogP contribution in [0.15, 0.2) is 66.7 Å². The van der Waals surface area contributed by atoms with Crippen LogP contribution in [-0.2, 0) is 26.1 Å². The molecule has 3 nitrogen and oxygen atoms in total. The Labute approximate surface area is 242 Å². The molecule has 5 heteroatoms. The number of hydrogen-bond acceptors (Lipinski definition) is 3. The Morgan fingerprint density at radius 2 is 1.39 bits per heavy atom. The van der Waals surface area contributed by atoms with Gasteiger partial charge in [-0.3, -0.25) is 9.80 Å². The van der Waals surface area contributed by atoms with Gasteiger partial charge in [-0.25, -0.2) is 0 Å². The van der Waals surface area contributed by atoms with Gasteiger partial charge in [0.05, 0.1) is 6.61 Å². The number of benzene rings is 3. The van der Waals surface area contributed by atoms with Gasteiger partial charge in [0.2, 0.25) is 0 Å². The summed E-state index contributed by atoms with van der Waals surface area (Å²) < 4.78 is 6.29. The maximum Gasteiger partial charge on any atom is 0.119 e. The van der Waals surface area contributed by atoms with Crippen molar-refractivity contribution in [1.29, 1.82) is 0 Å². The molecule has 5 rings (SSSR count). The highest BCUT2D eigenvalue weighted by atomic mass is 35.5. The van der Waals surface area contributed by atoms with Gasteiger partial charge in [0.15, 0.2) is 0 Å². The lowest BCUT2D eigenvalue weighted by molar-refractivity contribution is 0.157. The Balaban J connectivity index is 0.00000200. The molecule has 0 atom stereocenters. The zero-order chi connectivity index (χ0) is 24.7. The highest BCUT2D eigenvalue weighted by Gasteiger charge is 2.20. The van der Waals surface area contributed by atoms with Gasteiger partial charge in [-0.1, -0.05) is 65.7 Å². The van der Waals surface area contributed by atoms with Gasteiger partial charge >= 0.3 is 0 Å². The second kappa shape index (κ2) is 14.9. The highest BCUT2D eigenvalue weighted by Crippen LogP contribution is 2.26. The Morgan fingerprint density at radius 1 is 0.737 bits per heavy atom. The monoisotopic (exact) mass is 554 g/mol. The molecule has 1 fully saturated rings. The van der Waals surface area contributed by atoms with Crippen molar-refractivity contribution in [3.8, 4) is 5.75 Å². The molecule has 3 aromatic rings. The topological polar surface area (TPSA) is 15.7 Å². The molecule has 0 spiro atoms. The van der Waals surface area contributed by atoms with Crippen LogP contribution in [0.2, 0.25) is 0 Å². The van der Waals surface area contributed by atoms with Gasteiger partial charge in [0.25, 0.3) is 0 Å². The fraction of sp³-hybridized carbons (Fsp3) is 0.455. The van der Waals surface area contributed by atoms with Gasteiger partial charge < -0.3 is 4.74 Å². The minimum absolute atomic E-state index is 0. The number of halogens is 2. The van der Waals surface area contributed by atoms with Crippen LogP contribution in [0.3, 0.4) is 0 Å². The van der Waals surface area contributed by atoms with E-state index in [0.29, 0.717) is 0 Å². The Hall–Kier alpha value is -2.04. The molecule has 0 aromatic heterocycles. The van der Waals surface area contributed by atoms with E-state index in [2.05, 4.69) is 90.4 Å². The predicted molar refractivity (Wildman–Crippen MR) is 164 cm³/mol. The molecular formula is C33H44Cl2N2O. The Morgan fingerprint density at radius 3 is 2.05 bits per heavy atom. The molecule has 0 bridgehead atoms. The van der Waals surface area contributed by atoms with Crippen molar-refractivity contribution < 1.29 is 4.74 Å². The minimum Gasteiger partial charge on any atom is -0.494 e. The summed E-state index contributed by atoms with van der Waals surface area (Å²) in [6.07, 6.45) is 6.12. The summed E-state index contributed by atoms with van der Waals surface area (Å²) in [7, 11) is 0. The van der Waals surface area contributed by atoms with E-state index in [9.17, 15) is 0 Å². The molecule has 2 heterocycles.